The second-order valence-corrected chi connectivity index (χ2v) is 6.19. The normalized spacial score (nSPS) is 11.5. The lowest BCUT2D eigenvalue weighted by Gasteiger charge is -2.05. The van der Waals surface area contributed by atoms with Crippen molar-refractivity contribution < 1.29 is 17.9 Å². The fourth-order valence-electron chi connectivity index (χ4n) is 1.61. The van der Waals surface area contributed by atoms with E-state index in [0.717, 1.165) is 5.69 Å². The van der Waals surface area contributed by atoms with Gasteiger partial charge in [-0.1, -0.05) is 0 Å². The highest BCUT2D eigenvalue weighted by atomic mass is 32.2. The molecule has 5 nitrogen and oxygen atoms in total. The van der Waals surface area contributed by atoms with Crippen molar-refractivity contribution in [3.8, 4) is 0 Å². The Morgan fingerprint density at radius 1 is 1.11 bits per heavy atom. The van der Waals surface area contributed by atoms with Crippen molar-refractivity contribution in [2.45, 2.75) is 18.0 Å². The Labute approximate surface area is 111 Å². The predicted molar refractivity (Wildman–Crippen MR) is 71.5 cm³/mol. The highest BCUT2D eigenvalue weighted by Gasteiger charge is 2.06. The summed E-state index contributed by atoms with van der Waals surface area (Å²) in [5.41, 5.74) is 0.800. The van der Waals surface area contributed by atoms with Crippen LogP contribution >= 0.6 is 0 Å². The van der Waals surface area contributed by atoms with Gasteiger partial charge in [-0.2, -0.15) is 0 Å². The van der Waals surface area contributed by atoms with Gasteiger partial charge >= 0.3 is 0 Å². The molecule has 0 aliphatic heterocycles. The third-order valence-electron chi connectivity index (χ3n) is 2.62. The number of aliphatic hydroxyl groups excluding tert-OH is 1. The van der Waals surface area contributed by atoms with E-state index in [4.69, 9.17) is 9.52 Å². The van der Waals surface area contributed by atoms with E-state index in [0.29, 0.717) is 23.0 Å². The third kappa shape index (κ3) is 3.59. The maximum absolute atomic E-state index is 11.3. The standard InChI is InChI=1S/C13H15NO4S/c1-19(16,17)13-6-2-10(3-7-13)14-8-11-4-5-12(9-15)18-11/h2-7,14-15H,8-9H2,1H3. The number of rotatable bonds is 5. The Morgan fingerprint density at radius 3 is 2.26 bits per heavy atom. The van der Waals surface area contributed by atoms with Crippen LogP contribution in [0, 0.1) is 0 Å². The predicted octanol–water partition coefficient (Wildman–Crippen LogP) is 1.79. The Kier molecular flexibility index (Phi) is 3.92. The summed E-state index contributed by atoms with van der Waals surface area (Å²) in [6.45, 7) is 0.348. The van der Waals surface area contributed by atoms with Gasteiger partial charge in [-0.25, -0.2) is 8.42 Å². The van der Waals surface area contributed by atoms with Gasteiger partial charge in [0.15, 0.2) is 9.84 Å². The topological polar surface area (TPSA) is 79.5 Å². The molecule has 0 radical (unpaired) electrons. The van der Waals surface area contributed by atoms with Crippen LogP contribution in [0.15, 0.2) is 45.7 Å². The number of aliphatic hydroxyl groups is 1. The Balaban J connectivity index is 2.00. The van der Waals surface area contributed by atoms with Crippen LogP contribution in [0.3, 0.4) is 0 Å². The van der Waals surface area contributed by atoms with Crippen molar-refractivity contribution in [3.05, 3.63) is 47.9 Å². The van der Waals surface area contributed by atoms with Gasteiger partial charge in [-0.3, -0.25) is 0 Å². The zero-order valence-corrected chi connectivity index (χ0v) is 11.3. The van der Waals surface area contributed by atoms with Gasteiger partial charge in [0.1, 0.15) is 18.1 Å². The first-order chi connectivity index (χ1) is 8.99. The lowest BCUT2D eigenvalue weighted by atomic mass is 10.3. The minimum atomic E-state index is -3.16. The number of anilines is 1. The second-order valence-electron chi connectivity index (χ2n) is 4.18. The fraction of sp³-hybridized carbons (Fsp3) is 0.231. The van der Waals surface area contributed by atoms with E-state index < -0.39 is 9.84 Å². The molecule has 0 spiro atoms. The van der Waals surface area contributed by atoms with Crippen LogP contribution in [0.25, 0.3) is 0 Å². The maximum atomic E-state index is 11.3. The monoisotopic (exact) mass is 281 g/mol. The van der Waals surface area contributed by atoms with E-state index in [1.54, 1.807) is 36.4 Å². The molecule has 0 amide bonds. The third-order valence-corrected chi connectivity index (χ3v) is 3.75. The van der Waals surface area contributed by atoms with Gasteiger partial charge in [0.25, 0.3) is 0 Å². The molecular formula is C13H15NO4S. The average molecular weight is 281 g/mol. The van der Waals surface area contributed by atoms with Crippen molar-refractivity contribution in [1.29, 1.82) is 0 Å². The molecule has 0 saturated heterocycles. The summed E-state index contributed by atoms with van der Waals surface area (Å²) in [6.07, 6.45) is 1.18. The molecule has 1 heterocycles. The highest BCUT2D eigenvalue weighted by Crippen LogP contribution is 2.15. The molecule has 0 bridgehead atoms. The zero-order valence-electron chi connectivity index (χ0n) is 10.5. The summed E-state index contributed by atoms with van der Waals surface area (Å²) in [4.78, 5) is 0.290. The minimum absolute atomic E-state index is 0.122. The lowest BCUT2D eigenvalue weighted by molar-refractivity contribution is 0.244. The van der Waals surface area contributed by atoms with Crippen molar-refractivity contribution in [1.82, 2.24) is 0 Å². The molecule has 2 rings (SSSR count). The Morgan fingerprint density at radius 2 is 1.74 bits per heavy atom. The lowest BCUT2D eigenvalue weighted by Crippen LogP contribution is -2.00. The number of hydrogen-bond acceptors (Lipinski definition) is 5. The molecule has 1 aromatic heterocycles. The molecule has 6 heteroatoms. The summed E-state index contributed by atoms with van der Waals surface area (Å²) in [5, 5.41) is 12.0. The van der Waals surface area contributed by atoms with Crippen molar-refractivity contribution in [2.75, 3.05) is 11.6 Å². The molecule has 0 saturated carbocycles. The largest absolute Gasteiger partial charge is 0.462 e. The first-order valence-corrected chi connectivity index (χ1v) is 7.60. The van der Waals surface area contributed by atoms with Gasteiger partial charge in [0.2, 0.25) is 0 Å². The van der Waals surface area contributed by atoms with Crippen LogP contribution in [0.1, 0.15) is 11.5 Å². The Bertz CT molecular complexity index is 644. The smallest absolute Gasteiger partial charge is 0.175 e. The van der Waals surface area contributed by atoms with E-state index in [9.17, 15) is 8.42 Å². The van der Waals surface area contributed by atoms with E-state index in [-0.39, 0.29) is 6.61 Å². The summed E-state index contributed by atoms with van der Waals surface area (Å²) < 4.78 is 27.9. The van der Waals surface area contributed by atoms with Gasteiger partial charge in [0, 0.05) is 11.9 Å². The van der Waals surface area contributed by atoms with Crippen LogP contribution in [0.4, 0.5) is 5.69 Å². The molecule has 0 unspecified atom stereocenters. The van der Waals surface area contributed by atoms with E-state index in [2.05, 4.69) is 5.32 Å². The highest BCUT2D eigenvalue weighted by molar-refractivity contribution is 7.90. The quantitative estimate of drug-likeness (QED) is 0.873. The number of hydrogen-bond donors (Lipinski definition) is 2. The number of furan rings is 1. The molecule has 2 N–H and O–H groups in total. The summed E-state index contributed by atoms with van der Waals surface area (Å²) >= 11 is 0. The van der Waals surface area contributed by atoms with E-state index in [1.807, 2.05) is 0 Å². The van der Waals surface area contributed by atoms with E-state index in [1.165, 1.54) is 6.26 Å². The van der Waals surface area contributed by atoms with Crippen molar-refractivity contribution in [3.63, 3.8) is 0 Å². The molecule has 0 atom stereocenters. The number of nitrogens with one attached hydrogen (secondary N) is 1. The van der Waals surface area contributed by atoms with Crippen LogP contribution < -0.4 is 5.32 Å². The SMILES string of the molecule is CS(=O)(=O)c1ccc(NCc2ccc(CO)o2)cc1. The summed E-state index contributed by atoms with van der Waals surface area (Å²) in [6, 6.07) is 10.0. The first kappa shape index (κ1) is 13.6. The van der Waals surface area contributed by atoms with E-state index >= 15 is 0 Å². The Hall–Kier alpha value is -1.79. The molecule has 0 aliphatic carbocycles. The van der Waals surface area contributed by atoms with Gasteiger partial charge < -0.3 is 14.8 Å². The van der Waals surface area contributed by atoms with Crippen molar-refractivity contribution in [2.24, 2.45) is 0 Å². The fourth-order valence-corrected chi connectivity index (χ4v) is 2.24. The second kappa shape index (κ2) is 5.46. The van der Waals surface area contributed by atoms with Crippen LogP contribution in [0.5, 0.6) is 0 Å². The van der Waals surface area contributed by atoms with Crippen LogP contribution in [-0.2, 0) is 23.0 Å². The molecule has 19 heavy (non-hydrogen) atoms. The van der Waals surface area contributed by atoms with Gasteiger partial charge in [0.05, 0.1) is 11.4 Å². The van der Waals surface area contributed by atoms with Crippen LogP contribution in [0.2, 0.25) is 0 Å². The molecule has 102 valence electrons. The molecular weight excluding hydrogens is 266 g/mol. The molecule has 1 aromatic carbocycles. The van der Waals surface area contributed by atoms with Gasteiger partial charge in [-0.15, -0.1) is 0 Å². The molecule has 2 aromatic rings. The zero-order chi connectivity index (χ0) is 13.9. The van der Waals surface area contributed by atoms with Crippen LogP contribution in [-0.4, -0.2) is 19.8 Å². The van der Waals surface area contributed by atoms with Gasteiger partial charge in [-0.05, 0) is 36.4 Å². The van der Waals surface area contributed by atoms with Crippen molar-refractivity contribution >= 4 is 15.5 Å². The maximum Gasteiger partial charge on any atom is 0.175 e. The average Bonchev–Trinajstić information content (AvgIpc) is 2.84. The summed E-state index contributed by atoms with van der Waals surface area (Å²) in [7, 11) is -3.16. The first-order valence-electron chi connectivity index (χ1n) is 5.71. The molecule has 0 aliphatic rings. The number of benzene rings is 1. The molecule has 0 fully saturated rings. The minimum Gasteiger partial charge on any atom is -0.462 e. The summed E-state index contributed by atoms with van der Waals surface area (Å²) in [5.74, 6) is 1.22. The number of sulfone groups is 1.